The van der Waals surface area contributed by atoms with E-state index >= 15 is 0 Å². The van der Waals surface area contributed by atoms with Crippen molar-refractivity contribution in [3.05, 3.63) is 47.8 Å². The Bertz CT molecular complexity index is 727. The van der Waals surface area contributed by atoms with Crippen molar-refractivity contribution in [3.8, 4) is 0 Å². The molecule has 0 aliphatic rings. The number of anilines is 2. The zero-order valence-corrected chi connectivity index (χ0v) is 14.7. The van der Waals surface area contributed by atoms with Gasteiger partial charge in [0.15, 0.2) is 0 Å². The van der Waals surface area contributed by atoms with Gasteiger partial charge in [-0.2, -0.15) is 0 Å². The van der Waals surface area contributed by atoms with Crippen molar-refractivity contribution in [2.75, 3.05) is 25.0 Å². The van der Waals surface area contributed by atoms with Crippen LogP contribution in [0.4, 0.5) is 11.6 Å². The fraction of sp³-hybridized carbons (Fsp3) is 0.333. The number of aromatic nitrogens is 2. The van der Waals surface area contributed by atoms with Crippen molar-refractivity contribution in [1.29, 1.82) is 0 Å². The van der Waals surface area contributed by atoms with E-state index in [1.54, 1.807) is 48.4 Å². The summed E-state index contributed by atoms with van der Waals surface area (Å²) in [4.78, 5) is 34.1. The van der Waals surface area contributed by atoms with Gasteiger partial charge < -0.3 is 15.0 Å². The lowest BCUT2D eigenvalue weighted by atomic mass is 10.2. The Hall–Kier alpha value is -2.96. The normalized spacial score (nSPS) is 10.2. The summed E-state index contributed by atoms with van der Waals surface area (Å²) in [7, 11) is 0. The summed E-state index contributed by atoms with van der Waals surface area (Å²) in [6, 6.07) is 8.37. The second-order valence-electron chi connectivity index (χ2n) is 5.17. The molecule has 1 N–H and O–H groups in total. The molecule has 0 fully saturated rings. The molecule has 0 radical (unpaired) electrons. The van der Waals surface area contributed by atoms with Gasteiger partial charge in [0.05, 0.1) is 12.2 Å². The number of benzene rings is 1. The van der Waals surface area contributed by atoms with E-state index < -0.39 is 0 Å². The summed E-state index contributed by atoms with van der Waals surface area (Å²) in [5.41, 5.74) is 1.52. The summed E-state index contributed by atoms with van der Waals surface area (Å²) >= 11 is 0. The molecule has 25 heavy (non-hydrogen) atoms. The quantitative estimate of drug-likeness (QED) is 0.779. The maximum atomic E-state index is 12.3. The molecule has 1 aromatic carbocycles. The minimum Gasteiger partial charge on any atom is -0.462 e. The van der Waals surface area contributed by atoms with E-state index in [9.17, 15) is 9.59 Å². The third-order valence-electron chi connectivity index (χ3n) is 3.58. The van der Waals surface area contributed by atoms with Crippen LogP contribution in [0.25, 0.3) is 0 Å². The molecule has 2 aromatic rings. The number of carbonyl (C=O) groups is 2. The number of hydrogen-bond acceptors (Lipinski definition) is 6. The molecular weight excluding hydrogens is 320 g/mol. The zero-order chi connectivity index (χ0) is 18.2. The lowest BCUT2D eigenvalue weighted by molar-refractivity contribution is 0.0526. The number of nitrogens with zero attached hydrogens (tertiary/aromatic N) is 3. The Kier molecular flexibility index (Phi) is 6.45. The number of rotatable bonds is 7. The van der Waals surface area contributed by atoms with Crippen LogP contribution >= 0.6 is 0 Å². The van der Waals surface area contributed by atoms with Gasteiger partial charge in [0.25, 0.3) is 5.91 Å². The number of carbonyl (C=O) groups excluding carboxylic acids is 2. The van der Waals surface area contributed by atoms with E-state index in [2.05, 4.69) is 15.3 Å². The van der Waals surface area contributed by atoms with E-state index in [-0.39, 0.29) is 11.9 Å². The van der Waals surface area contributed by atoms with Crippen LogP contribution in [0.2, 0.25) is 0 Å². The summed E-state index contributed by atoms with van der Waals surface area (Å²) in [5, 5.41) is 3.03. The number of ether oxygens (including phenoxy) is 1. The highest BCUT2D eigenvalue weighted by Gasteiger charge is 2.14. The van der Waals surface area contributed by atoms with Crippen LogP contribution in [-0.2, 0) is 4.74 Å². The highest BCUT2D eigenvalue weighted by molar-refractivity contribution is 5.92. The first-order valence-electron chi connectivity index (χ1n) is 8.25. The molecular formula is C18H22N4O3. The Labute approximate surface area is 147 Å². The van der Waals surface area contributed by atoms with Gasteiger partial charge in [0, 0.05) is 25.0 Å². The van der Waals surface area contributed by atoms with Crippen molar-refractivity contribution in [3.63, 3.8) is 0 Å². The Balaban J connectivity index is 2.11. The van der Waals surface area contributed by atoms with Gasteiger partial charge in [-0.3, -0.25) is 4.79 Å². The molecule has 7 heteroatoms. The van der Waals surface area contributed by atoms with Crippen LogP contribution in [0.1, 0.15) is 41.6 Å². The van der Waals surface area contributed by atoms with E-state index in [1.165, 1.54) is 0 Å². The third kappa shape index (κ3) is 4.76. The summed E-state index contributed by atoms with van der Waals surface area (Å²) in [5.74, 6) is -0.174. The van der Waals surface area contributed by atoms with Crippen LogP contribution in [0.5, 0.6) is 0 Å². The van der Waals surface area contributed by atoms with Gasteiger partial charge in [0.2, 0.25) is 5.95 Å². The van der Waals surface area contributed by atoms with Crippen molar-refractivity contribution in [1.82, 2.24) is 14.9 Å². The summed E-state index contributed by atoms with van der Waals surface area (Å²) in [6.07, 6.45) is 1.54. The first kappa shape index (κ1) is 18.4. The average Bonchev–Trinajstić information content (AvgIpc) is 2.63. The van der Waals surface area contributed by atoms with Crippen LogP contribution < -0.4 is 5.32 Å². The van der Waals surface area contributed by atoms with Crippen LogP contribution in [0.15, 0.2) is 36.5 Å². The lowest BCUT2D eigenvalue weighted by Crippen LogP contribution is -2.31. The number of amides is 1. The monoisotopic (exact) mass is 342 g/mol. The molecule has 0 atom stereocenters. The van der Waals surface area contributed by atoms with E-state index in [0.717, 1.165) is 0 Å². The molecule has 1 aromatic heterocycles. The van der Waals surface area contributed by atoms with Crippen molar-refractivity contribution >= 4 is 23.5 Å². The molecule has 0 aliphatic heterocycles. The van der Waals surface area contributed by atoms with Crippen molar-refractivity contribution in [2.24, 2.45) is 0 Å². The highest BCUT2D eigenvalue weighted by atomic mass is 16.5. The Morgan fingerprint density at radius 2 is 1.76 bits per heavy atom. The fourth-order valence-electron chi connectivity index (χ4n) is 2.24. The zero-order valence-electron chi connectivity index (χ0n) is 14.7. The topological polar surface area (TPSA) is 84.4 Å². The van der Waals surface area contributed by atoms with Crippen LogP contribution in [-0.4, -0.2) is 46.4 Å². The molecule has 0 saturated heterocycles. The largest absolute Gasteiger partial charge is 0.462 e. The molecule has 0 unspecified atom stereocenters. The number of hydrogen-bond donors (Lipinski definition) is 1. The molecule has 1 heterocycles. The number of esters is 1. The molecule has 7 nitrogen and oxygen atoms in total. The highest BCUT2D eigenvalue weighted by Crippen LogP contribution is 2.15. The molecule has 0 aliphatic carbocycles. The summed E-state index contributed by atoms with van der Waals surface area (Å²) < 4.78 is 4.95. The predicted octanol–water partition coefficient (Wildman–Crippen LogP) is 2.88. The van der Waals surface area contributed by atoms with Gasteiger partial charge in [-0.1, -0.05) is 0 Å². The minimum absolute atomic E-state index is 0.131. The van der Waals surface area contributed by atoms with Crippen LogP contribution in [0.3, 0.4) is 0 Å². The maximum Gasteiger partial charge on any atom is 0.338 e. The Morgan fingerprint density at radius 1 is 1.08 bits per heavy atom. The van der Waals surface area contributed by atoms with E-state index in [1.807, 2.05) is 13.8 Å². The third-order valence-corrected chi connectivity index (χ3v) is 3.58. The molecule has 1 amide bonds. The van der Waals surface area contributed by atoms with Gasteiger partial charge in [-0.25, -0.2) is 14.8 Å². The van der Waals surface area contributed by atoms with Crippen molar-refractivity contribution < 1.29 is 14.3 Å². The van der Waals surface area contributed by atoms with Crippen LogP contribution in [0, 0.1) is 0 Å². The van der Waals surface area contributed by atoms with Gasteiger partial charge in [-0.15, -0.1) is 0 Å². The molecule has 0 spiro atoms. The molecule has 132 valence electrons. The second kappa shape index (κ2) is 8.77. The minimum atomic E-state index is -0.364. The fourth-order valence-corrected chi connectivity index (χ4v) is 2.24. The first-order chi connectivity index (χ1) is 12.1. The first-order valence-corrected chi connectivity index (χ1v) is 8.25. The number of nitrogens with one attached hydrogen (secondary N) is 1. The average molecular weight is 342 g/mol. The molecule has 0 saturated carbocycles. The second-order valence-corrected chi connectivity index (χ2v) is 5.17. The van der Waals surface area contributed by atoms with Gasteiger partial charge >= 0.3 is 5.97 Å². The SMILES string of the molecule is CCOC(=O)c1ccc(Nc2nccc(C(=O)N(CC)CC)n2)cc1. The van der Waals surface area contributed by atoms with Crippen molar-refractivity contribution in [2.45, 2.75) is 20.8 Å². The van der Waals surface area contributed by atoms with Gasteiger partial charge in [0.1, 0.15) is 5.69 Å². The predicted molar refractivity (Wildman–Crippen MR) is 95.0 cm³/mol. The lowest BCUT2D eigenvalue weighted by Gasteiger charge is -2.18. The standard InChI is InChI=1S/C18H22N4O3/c1-4-22(5-2)16(23)15-11-12-19-18(21-15)20-14-9-7-13(8-10-14)17(24)25-6-3/h7-12H,4-6H2,1-3H3,(H,19,20,21). The molecule has 2 rings (SSSR count). The van der Waals surface area contributed by atoms with E-state index in [0.29, 0.717) is 42.6 Å². The smallest absolute Gasteiger partial charge is 0.338 e. The summed E-state index contributed by atoms with van der Waals surface area (Å²) in [6.45, 7) is 7.19. The maximum absolute atomic E-state index is 12.3. The van der Waals surface area contributed by atoms with E-state index in [4.69, 9.17) is 4.74 Å². The molecule has 0 bridgehead atoms. The Morgan fingerprint density at radius 3 is 2.36 bits per heavy atom. The van der Waals surface area contributed by atoms with Gasteiger partial charge in [-0.05, 0) is 51.1 Å².